The monoisotopic (exact) mass is 274 g/mol. The van der Waals surface area contributed by atoms with Gasteiger partial charge in [0.05, 0.1) is 6.26 Å². The van der Waals surface area contributed by atoms with E-state index in [1.807, 2.05) is 6.07 Å². The van der Waals surface area contributed by atoms with E-state index >= 15 is 0 Å². The first-order valence-electron chi connectivity index (χ1n) is 7.62. The first-order chi connectivity index (χ1) is 10.4. The van der Waals surface area contributed by atoms with Crippen LogP contribution in [0.2, 0.25) is 0 Å². The summed E-state index contributed by atoms with van der Waals surface area (Å²) in [6.45, 7) is 0. The van der Waals surface area contributed by atoms with E-state index in [1.54, 1.807) is 6.26 Å². The lowest BCUT2D eigenvalue weighted by Crippen LogP contribution is -1.99. The van der Waals surface area contributed by atoms with Crippen LogP contribution in [-0.2, 0) is 25.7 Å². The second-order valence-electron chi connectivity index (χ2n) is 5.79. The molecule has 0 unspecified atom stereocenters. The van der Waals surface area contributed by atoms with Crippen molar-refractivity contribution in [3.05, 3.63) is 83.1 Å². The highest BCUT2D eigenvalue weighted by Crippen LogP contribution is 2.28. The van der Waals surface area contributed by atoms with E-state index in [9.17, 15) is 0 Å². The number of aryl methyl sites for hydroxylation is 4. The smallest absolute Gasteiger partial charge is 0.134 e. The maximum atomic E-state index is 5.64. The predicted octanol–water partition coefficient (Wildman–Crippen LogP) is 4.83. The fraction of sp³-hybridized carbons (Fsp3) is 0.200. The molecule has 0 fully saturated rings. The summed E-state index contributed by atoms with van der Waals surface area (Å²) in [5, 5.41) is 0. The van der Waals surface area contributed by atoms with Gasteiger partial charge in [-0.1, -0.05) is 36.4 Å². The Morgan fingerprint density at radius 2 is 1.33 bits per heavy atom. The molecule has 0 saturated heterocycles. The zero-order chi connectivity index (χ0) is 14.1. The molecule has 0 spiro atoms. The van der Waals surface area contributed by atoms with Crippen LogP contribution in [0, 0.1) is 0 Å². The van der Waals surface area contributed by atoms with Crippen LogP contribution in [0.25, 0.3) is 11.3 Å². The van der Waals surface area contributed by atoms with Crippen LogP contribution in [0.1, 0.15) is 22.3 Å². The molecule has 0 radical (unpaired) electrons. The van der Waals surface area contributed by atoms with Crippen LogP contribution in [0.15, 0.2) is 65.3 Å². The number of hydrogen-bond acceptors (Lipinski definition) is 1. The Kier molecular flexibility index (Phi) is 3.11. The minimum atomic E-state index is 0.984. The molecule has 104 valence electrons. The first kappa shape index (κ1) is 12.5. The van der Waals surface area contributed by atoms with E-state index in [1.165, 1.54) is 27.8 Å². The van der Waals surface area contributed by atoms with Crippen molar-refractivity contribution in [2.75, 3.05) is 0 Å². The van der Waals surface area contributed by atoms with Gasteiger partial charge in [-0.15, -0.1) is 0 Å². The molecule has 0 aliphatic heterocycles. The van der Waals surface area contributed by atoms with Gasteiger partial charge in [-0.05, 0) is 66.1 Å². The van der Waals surface area contributed by atoms with Crippen LogP contribution in [0.3, 0.4) is 0 Å². The molecule has 4 aliphatic carbocycles. The summed E-state index contributed by atoms with van der Waals surface area (Å²) in [7, 11) is 0. The zero-order valence-electron chi connectivity index (χ0n) is 12.0. The fourth-order valence-electron chi connectivity index (χ4n) is 3.10. The van der Waals surface area contributed by atoms with E-state index in [2.05, 4.69) is 48.5 Å². The van der Waals surface area contributed by atoms with Crippen molar-refractivity contribution in [2.24, 2.45) is 0 Å². The number of benzene rings is 2. The Labute approximate surface area is 125 Å². The average molecular weight is 274 g/mol. The second-order valence-corrected chi connectivity index (χ2v) is 5.79. The van der Waals surface area contributed by atoms with Gasteiger partial charge in [0.2, 0.25) is 0 Å². The Morgan fingerprint density at radius 3 is 2.05 bits per heavy atom. The van der Waals surface area contributed by atoms with Crippen molar-refractivity contribution in [3.63, 3.8) is 0 Å². The van der Waals surface area contributed by atoms with Gasteiger partial charge in [0.25, 0.3) is 0 Å². The van der Waals surface area contributed by atoms with Crippen LogP contribution >= 0.6 is 0 Å². The summed E-state index contributed by atoms with van der Waals surface area (Å²) in [5.74, 6) is 0.984. The lowest BCUT2D eigenvalue weighted by atomic mass is 9.92. The Bertz CT molecular complexity index is 736. The summed E-state index contributed by atoms with van der Waals surface area (Å²) in [6.07, 6.45) is 6.06. The third kappa shape index (κ3) is 2.52. The first-order valence-corrected chi connectivity index (χ1v) is 7.62. The molecule has 0 amide bonds. The summed E-state index contributed by atoms with van der Waals surface area (Å²) in [4.78, 5) is 0. The van der Waals surface area contributed by atoms with Crippen LogP contribution in [0.5, 0.6) is 0 Å². The maximum Gasteiger partial charge on any atom is 0.134 e. The van der Waals surface area contributed by atoms with Gasteiger partial charge < -0.3 is 4.42 Å². The highest BCUT2D eigenvalue weighted by molar-refractivity contribution is 5.63. The predicted molar refractivity (Wildman–Crippen MR) is 85.4 cm³/mol. The molecule has 21 heavy (non-hydrogen) atoms. The van der Waals surface area contributed by atoms with Gasteiger partial charge in [0.15, 0.2) is 0 Å². The summed E-state index contributed by atoms with van der Waals surface area (Å²) >= 11 is 0. The Balaban J connectivity index is 1.79. The minimum Gasteiger partial charge on any atom is -0.464 e. The molecule has 7 rings (SSSR count). The molecular weight excluding hydrogens is 256 g/mol. The van der Waals surface area contributed by atoms with E-state index in [0.29, 0.717) is 0 Å². The third-order valence-corrected chi connectivity index (χ3v) is 4.37. The molecule has 0 atom stereocenters. The number of rotatable bonds is 1. The average Bonchev–Trinajstić information content (AvgIpc) is 3.04. The third-order valence-electron chi connectivity index (χ3n) is 4.37. The lowest BCUT2D eigenvalue weighted by molar-refractivity contribution is 0.581. The number of hydrogen-bond donors (Lipinski definition) is 0. The van der Waals surface area contributed by atoms with Crippen molar-refractivity contribution >= 4 is 0 Å². The molecule has 1 aromatic heterocycles. The van der Waals surface area contributed by atoms with Gasteiger partial charge >= 0.3 is 0 Å². The van der Waals surface area contributed by atoms with Crippen molar-refractivity contribution in [2.45, 2.75) is 25.7 Å². The van der Waals surface area contributed by atoms with Crippen molar-refractivity contribution in [3.8, 4) is 11.3 Å². The van der Waals surface area contributed by atoms with Crippen LogP contribution in [-0.4, -0.2) is 0 Å². The molecule has 4 aliphatic rings. The quantitative estimate of drug-likeness (QED) is 0.619. The molecule has 2 aromatic carbocycles. The standard InChI is InChI=1S/C20H18O/c1-2-20(21-13-1)19-14-17-8-7-15-3-5-16(6-4-15)9-11-18(19)12-10-17/h1-6,10,12-14H,7-9,11H2. The highest BCUT2D eigenvalue weighted by atomic mass is 16.3. The van der Waals surface area contributed by atoms with E-state index in [0.717, 1.165) is 31.4 Å². The SMILES string of the molecule is c1coc(-c2cc3ccc2CCc2ccc(cc2)CC3)c1. The Morgan fingerprint density at radius 1 is 0.667 bits per heavy atom. The topological polar surface area (TPSA) is 13.1 Å². The summed E-state index contributed by atoms with van der Waals surface area (Å²) in [5.41, 5.74) is 6.84. The van der Waals surface area contributed by atoms with Crippen molar-refractivity contribution in [1.82, 2.24) is 0 Å². The van der Waals surface area contributed by atoms with E-state index < -0.39 is 0 Å². The van der Waals surface area contributed by atoms with Gasteiger partial charge in [-0.2, -0.15) is 0 Å². The maximum absolute atomic E-state index is 5.64. The van der Waals surface area contributed by atoms with Gasteiger partial charge in [0.1, 0.15) is 5.76 Å². The van der Waals surface area contributed by atoms with E-state index in [-0.39, 0.29) is 0 Å². The summed E-state index contributed by atoms with van der Waals surface area (Å²) in [6, 6.07) is 20.0. The van der Waals surface area contributed by atoms with Gasteiger partial charge in [0, 0.05) is 5.56 Å². The zero-order valence-corrected chi connectivity index (χ0v) is 12.0. The van der Waals surface area contributed by atoms with Crippen LogP contribution < -0.4 is 0 Å². The molecule has 1 nitrogen and oxygen atoms in total. The molecular formula is C20H18O. The molecule has 0 saturated carbocycles. The molecule has 3 aromatic rings. The van der Waals surface area contributed by atoms with Gasteiger partial charge in [-0.3, -0.25) is 0 Å². The second kappa shape index (κ2) is 5.25. The fourth-order valence-corrected chi connectivity index (χ4v) is 3.10. The molecule has 0 N–H and O–H groups in total. The highest BCUT2D eigenvalue weighted by Gasteiger charge is 2.11. The van der Waals surface area contributed by atoms with Crippen molar-refractivity contribution < 1.29 is 4.42 Å². The molecule has 4 bridgehead atoms. The normalized spacial score (nSPS) is 13.9. The molecule has 1 heterocycles. The minimum absolute atomic E-state index is 0.984. The summed E-state index contributed by atoms with van der Waals surface area (Å²) < 4.78 is 5.64. The lowest BCUT2D eigenvalue weighted by Gasteiger charge is -2.13. The molecule has 1 heteroatoms. The Hall–Kier alpha value is -2.28. The van der Waals surface area contributed by atoms with E-state index in [4.69, 9.17) is 4.42 Å². The van der Waals surface area contributed by atoms with Gasteiger partial charge in [-0.25, -0.2) is 0 Å². The van der Waals surface area contributed by atoms with Crippen LogP contribution in [0.4, 0.5) is 0 Å². The number of furan rings is 1. The largest absolute Gasteiger partial charge is 0.464 e. The van der Waals surface area contributed by atoms with Crippen molar-refractivity contribution in [1.29, 1.82) is 0 Å².